The number of aromatic nitrogens is 4. The quantitative estimate of drug-likeness (QED) is 0.379. The Balaban J connectivity index is 2.18. The number of nitrogens with two attached hydrogens (primary N) is 2. The summed E-state index contributed by atoms with van der Waals surface area (Å²) >= 11 is 0. The number of aromatic amines is 1. The van der Waals surface area contributed by atoms with Crippen LogP contribution >= 0.6 is 0 Å². The van der Waals surface area contributed by atoms with Gasteiger partial charge in [-0.1, -0.05) is 11.8 Å². The largest absolute Gasteiger partial charge is 0.394 e. The minimum Gasteiger partial charge on any atom is -0.394 e. The van der Waals surface area contributed by atoms with Crippen molar-refractivity contribution in [1.82, 2.24) is 19.5 Å². The van der Waals surface area contributed by atoms with E-state index in [4.69, 9.17) is 16.2 Å². The van der Waals surface area contributed by atoms with Crippen LogP contribution < -0.4 is 17.0 Å². The molecule has 0 spiro atoms. The molecule has 0 aliphatic carbocycles. The van der Waals surface area contributed by atoms with Gasteiger partial charge in [0.2, 0.25) is 5.95 Å². The Hall–Kier alpha value is -2.52. The number of H-pyrrole nitrogens is 1. The van der Waals surface area contributed by atoms with Gasteiger partial charge in [0.15, 0.2) is 22.9 Å². The number of hydrogen-bond donors (Lipinski definition) is 5. The van der Waals surface area contributed by atoms with Gasteiger partial charge in [-0.2, -0.15) is 4.98 Å². The van der Waals surface area contributed by atoms with Crippen molar-refractivity contribution in [2.45, 2.75) is 24.0 Å². The lowest BCUT2D eigenvalue weighted by molar-refractivity contribution is -0.0447. The van der Waals surface area contributed by atoms with Crippen LogP contribution in [0.5, 0.6) is 0 Å². The van der Waals surface area contributed by atoms with Crippen molar-refractivity contribution < 1.29 is 19.3 Å². The molecule has 0 bridgehead atoms. The highest BCUT2D eigenvalue weighted by Crippen LogP contribution is 2.37. The fourth-order valence-electron chi connectivity index (χ4n) is 2.68. The fraction of sp³-hybridized carbons (Fsp3) is 0.462. The van der Waals surface area contributed by atoms with Crippen LogP contribution in [0.2, 0.25) is 0 Å². The van der Waals surface area contributed by atoms with Crippen LogP contribution in [0.3, 0.4) is 0 Å². The zero-order valence-electron chi connectivity index (χ0n) is 12.3. The van der Waals surface area contributed by atoms with Crippen LogP contribution in [0.25, 0.3) is 11.2 Å². The van der Waals surface area contributed by atoms with E-state index in [9.17, 15) is 19.4 Å². The lowest BCUT2D eigenvalue weighted by Gasteiger charge is -2.27. The number of nitrogens with one attached hydrogen (secondary N) is 1. The number of halogens is 1. The van der Waals surface area contributed by atoms with Crippen LogP contribution in [0.4, 0.5) is 10.3 Å². The minimum atomic E-state index is -1.74. The highest BCUT2D eigenvalue weighted by molar-refractivity contribution is 5.70. The maximum absolute atomic E-state index is 12.5. The van der Waals surface area contributed by atoms with E-state index in [1.54, 1.807) is 0 Å². The zero-order valence-corrected chi connectivity index (χ0v) is 12.3. The Morgan fingerprint density at radius 3 is 3.00 bits per heavy atom. The number of hydrogen-bond acceptors (Lipinski definition) is 8. The third kappa shape index (κ3) is 2.33. The Morgan fingerprint density at radius 1 is 1.58 bits per heavy atom. The zero-order chi connectivity index (χ0) is 17.5. The van der Waals surface area contributed by atoms with Gasteiger partial charge in [-0.15, -0.1) is 0 Å². The number of aliphatic hydroxyl groups is 2. The van der Waals surface area contributed by atoms with E-state index in [0.717, 1.165) is 0 Å². The molecule has 1 fully saturated rings. The van der Waals surface area contributed by atoms with Crippen LogP contribution in [-0.2, 0) is 4.74 Å². The van der Waals surface area contributed by atoms with E-state index in [2.05, 4.69) is 26.8 Å². The van der Waals surface area contributed by atoms with Gasteiger partial charge >= 0.3 is 0 Å². The second-order valence-electron chi connectivity index (χ2n) is 5.30. The van der Waals surface area contributed by atoms with Crippen molar-refractivity contribution >= 4 is 17.1 Å². The fourth-order valence-corrected chi connectivity index (χ4v) is 2.68. The van der Waals surface area contributed by atoms with E-state index < -0.39 is 42.8 Å². The van der Waals surface area contributed by atoms with Crippen molar-refractivity contribution in [2.24, 2.45) is 5.73 Å². The highest BCUT2D eigenvalue weighted by atomic mass is 19.1. The van der Waals surface area contributed by atoms with Crippen molar-refractivity contribution in [3.8, 4) is 11.8 Å². The van der Waals surface area contributed by atoms with E-state index in [0.29, 0.717) is 0 Å². The molecule has 10 nitrogen and oxygen atoms in total. The average Bonchev–Trinajstić information content (AvgIpc) is 3.06. The molecule has 24 heavy (non-hydrogen) atoms. The first kappa shape index (κ1) is 16.3. The monoisotopic (exact) mass is 338 g/mol. The summed E-state index contributed by atoms with van der Waals surface area (Å²) in [6, 6.07) is 0. The van der Waals surface area contributed by atoms with E-state index in [1.807, 2.05) is 0 Å². The smallest absolute Gasteiger partial charge is 0.280 e. The van der Waals surface area contributed by atoms with Gasteiger partial charge in [0.25, 0.3) is 5.56 Å². The first-order chi connectivity index (χ1) is 11.4. The second-order valence-corrected chi connectivity index (χ2v) is 5.30. The van der Waals surface area contributed by atoms with Crippen molar-refractivity contribution in [2.75, 3.05) is 19.0 Å². The summed E-state index contributed by atoms with van der Waals surface area (Å²) < 4.78 is 19.3. The summed E-state index contributed by atoms with van der Waals surface area (Å²) in [5.41, 5.74) is 9.40. The molecular weight excluding hydrogens is 323 g/mol. The number of ether oxygens (including phenoxy) is 1. The number of aliphatic hydroxyl groups excluding tert-OH is 2. The van der Waals surface area contributed by atoms with E-state index in [-0.39, 0.29) is 17.1 Å². The predicted octanol–water partition coefficient (Wildman–Crippen LogP) is -2.38. The maximum atomic E-state index is 12.5. The maximum Gasteiger partial charge on any atom is 0.280 e. The number of alkyl halides is 1. The Labute approximate surface area is 134 Å². The van der Waals surface area contributed by atoms with Crippen LogP contribution in [0.15, 0.2) is 11.1 Å². The Kier molecular flexibility index (Phi) is 3.98. The first-order valence-corrected chi connectivity index (χ1v) is 6.94. The third-order valence-electron chi connectivity index (χ3n) is 3.81. The molecular formula is C13H15FN6O4. The number of nitrogens with zero attached hydrogens (tertiary/aromatic N) is 3. The molecule has 1 aliphatic rings. The number of nitrogen functional groups attached to an aromatic ring is 1. The summed E-state index contributed by atoms with van der Waals surface area (Å²) in [5, 5.41) is 19.6. The van der Waals surface area contributed by atoms with Gasteiger partial charge in [-0.3, -0.25) is 14.3 Å². The topological polar surface area (TPSA) is 165 Å². The molecule has 4 atom stereocenters. The van der Waals surface area contributed by atoms with Gasteiger partial charge in [-0.25, -0.2) is 9.37 Å². The minimum absolute atomic E-state index is 0.0180. The first-order valence-electron chi connectivity index (χ1n) is 6.94. The molecule has 3 heterocycles. The molecule has 1 aliphatic heterocycles. The Morgan fingerprint density at radius 2 is 2.33 bits per heavy atom. The average molecular weight is 338 g/mol. The van der Waals surface area contributed by atoms with Gasteiger partial charge in [0, 0.05) is 0 Å². The third-order valence-corrected chi connectivity index (χ3v) is 3.81. The molecule has 7 N–H and O–H groups in total. The lowest BCUT2D eigenvalue weighted by Crippen LogP contribution is -2.53. The van der Waals surface area contributed by atoms with Crippen LogP contribution in [-0.4, -0.2) is 60.8 Å². The normalized spacial score (nSPS) is 29.6. The summed E-state index contributed by atoms with van der Waals surface area (Å²) in [7, 11) is 0. The van der Waals surface area contributed by atoms with Crippen LogP contribution in [0.1, 0.15) is 6.23 Å². The lowest BCUT2D eigenvalue weighted by atomic mass is 9.91. The molecule has 2 aromatic rings. The van der Waals surface area contributed by atoms with Gasteiger partial charge in [0.1, 0.15) is 18.9 Å². The molecule has 1 saturated heterocycles. The molecule has 1 unspecified atom stereocenters. The molecule has 128 valence electrons. The molecule has 11 heteroatoms. The van der Waals surface area contributed by atoms with Crippen molar-refractivity contribution in [3.05, 3.63) is 16.7 Å². The predicted molar refractivity (Wildman–Crippen MR) is 80.2 cm³/mol. The number of imidazole rings is 1. The van der Waals surface area contributed by atoms with E-state index >= 15 is 0 Å². The molecule has 2 aromatic heterocycles. The number of rotatable bonds is 2. The second kappa shape index (κ2) is 5.84. The van der Waals surface area contributed by atoms with Gasteiger partial charge < -0.3 is 26.4 Å². The SMILES string of the molecule is Nc1nc2c(ncn2[C@@H]2O[C@H](CO)[C@H](O)C2(N)C#CCF)c(=O)[nH]1. The number of anilines is 1. The van der Waals surface area contributed by atoms with Gasteiger partial charge in [-0.05, 0) is 0 Å². The van der Waals surface area contributed by atoms with Crippen molar-refractivity contribution in [3.63, 3.8) is 0 Å². The molecule has 0 radical (unpaired) electrons. The van der Waals surface area contributed by atoms with E-state index in [1.165, 1.54) is 10.9 Å². The van der Waals surface area contributed by atoms with Crippen LogP contribution in [0, 0.1) is 11.8 Å². The molecule has 0 aromatic carbocycles. The summed E-state index contributed by atoms with van der Waals surface area (Å²) in [5.74, 6) is 4.44. The molecule has 3 rings (SSSR count). The summed E-state index contributed by atoms with van der Waals surface area (Å²) in [4.78, 5) is 22.1. The highest BCUT2D eigenvalue weighted by Gasteiger charge is 2.54. The number of fused-ring (bicyclic) bond motifs is 1. The molecule has 0 saturated carbocycles. The molecule has 0 amide bonds. The Bertz CT molecular complexity index is 886. The standard InChI is InChI=1S/C13H15FN6O4/c14-3-1-2-13(16)8(22)6(4-21)24-11(13)20-5-17-7-9(20)18-12(15)19-10(7)23/h5-6,8,11,21-22H,3-4,16H2,(H3,15,18,19,23)/t6-,8+,11-,13?/m1/s1. The van der Waals surface area contributed by atoms with Crippen molar-refractivity contribution in [1.29, 1.82) is 0 Å². The van der Waals surface area contributed by atoms with Gasteiger partial charge in [0.05, 0.1) is 12.9 Å². The summed E-state index contributed by atoms with van der Waals surface area (Å²) in [6.07, 6.45) is -2.39. The summed E-state index contributed by atoms with van der Waals surface area (Å²) in [6.45, 7) is -1.51.